The standard InChI is InChI=1S/C20H22N2O2S/c1-14-19(16-7-5-4-6-8-16)25-20(22-14)21-12-11-15-9-10-17(23-2)18(13-15)24-3/h4-10,13H,11-12H2,1-3H3,(H,21,22). The maximum absolute atomic E-state index is 5.35. The summed E-state index contributed by atoms with van der Waals surface area (Å²) in [6.45, 7) is 2.87. The van der Waals surface area contributed by atoms with Crippen molar-refractivity contribution in [3.8, 4) is 21.9 Å². The number of rotatable bonds is 7. The molecule has 1 aromatic heterocycles. The molecule has 0 saturated carbocycles. The molecule has 0 spiro atoms. The van der Waals surface area contributed by atoms with Crippen LogP contribution in [0.5, 0.6) is 11.5 Å². The molecule has 130 valence electrons. The smallest absolute Gasteiger partial charge is 0.183 e. The summed E-state index contributed by atoms with van der Waals surface area (Å²) in [6.07, 6.45) is 0.889. The van der Waals surface area contributed by atoms with E-state index in [4.69, 9.17) is 9.47 Å². The normalized spacial score (nSPS) is 10.5. The third kappa shape index (κ3) is 4.12. The van der Waals surface area contributed by atoms with Crippen molar-refractivity contribution in [3.05, 3.63) is 59.8 Å². The van der Waals surface area contributed by atoms with Crippen LogP contribution in [0.2, 0.25) is 0 Å². The molecule has 0 atom stereocenters. The molecule has 3 rings (SSSR count). The number of thiazole rings is 1. The van der Waals surface area contributed by atoms with Crippen LogP contribution in [0.1, 0.15) is 11.3 Å². The average molecular weight is 354 g/mol. The number of nitrogens with one attached hydrogen (secondary N) is 1. The van der Waals surface area contributed by atoms with E-state index in [1.807, 2.05) is 18.2 Å². The molecule has 0 fully saturated rings. The Kier molecular flexibility index (Phi) is 5.56. The van der Waals surface area contributed by atoms with Crippen molar-refractivity contribution in [2.75, 3.05) is 26.1 Å². The lowest BCUT2D eigenvalue weighted by atomic mass is 10.1. The summed E-state index contributed by atoms with van der Waals surface area (Å²) in [5.41, 5.74) is 3.47. The van der Waals surface area contributed by atoms with Crippen LogP contribution in [0.3, 0.4) is 0 Å². The molecule has 2 aromatic carbocycles. The van der Waals surface area contributed by atoms with Crippen LogP contribution in [0, 0.1) is 6.92 Å². The van der Waals surface area contributed by atoms with Crippen molar-refractivity contribution in [3.63, 3.8) is 0 Å². The summed E-state index contributed by atoms with van der Waals surface area (Å²) in [5.74, 6) is 1.51. The maximum Gasteiger partial charge on any atom is 0.183 e. The Morgan fingerprint density at radius 1 is 1.00 bits per heavy atom. The van der Waals surface area contributed by atoms with E-state index in [0.717, 1.165) is 35.3 Å². The van der Waals surface area contributed by atoms with E-state index in [9.17, 15) is 0 Å². The van der Waals surface area contributed by atoms with Gasteiger partial charge in [-0.05, 0) is 36.6 Å². The van der Waals surface area contributed by atoms with Gasteiger partial charge in [-0.25, -0.2) is 4.98 Å². The minimum absolute atomic E-state index is 0.752. The minimum Gasteiger partial charge on any atom is -0.493 e. The van der Waals surface area contributed by atoms with Gasteiger partial charge in [0.1, 0.15) is 0 Å². The molecule has 4 nitrogen and oxygen atoms in total. The van der Waals surface area contributed by atoms with Gasteiger partial charge in [-0.1, -0.05) is 47.7 Å². The predicted octanol–water partition coefficient (Wildman–Crippen LogP) is 4.79. The molecule has 0 unspecified atom stereocenters. The third-order valence-electron chi connectivity index (χ3n) is 3.97. The molecule has 25 heavy (non-hydrogen) atoms. The number of anilines is 1. The highest BCUT2D eigenvalue weighted by Gasteiger charge is 2.09. The van der Waals surface area contributed by atoms with Crippen LogP contribution in [0.25, 0.3) is 10.4 Å². The van der Waals surface area contributed by atoms with Gasteiger partial charge in [0.05, 0.1) is 24.8 Å². The van der Waals surface area contributed by atoms with Crippen molar-refractivity contribution in [2.24, 2.45) is 0 Å². The van der Waals surface area contributed by atoms with Gasteiger partial charge in [-0.2, -0.15) is 0 Å². The highest BCUT2D eigenvalue weighted by molar-refractivity contribution is 7.19. The number of hydrogen-bond acceptors (Lipinski definition) is 5. The highest BCUT2D eigenvalue weighted by Crippen LogP contribution is 2.32. The number of aryl methyl sites for hydroxylation is 1. The fourth-order valence-corrected chi connectivity index (χ4v) is 3.68. The largest absolute Gasteiger partial charge is 0.493 e. The van der Waals surface area contributed by atoms with E-state index in [1.165, 1.54) is 16.0 Å². The zero-order valence-electron chi connectivity index (χ0n) is 14.7. The van der Waals surface area contributed by atoms with Gasteiger partial charge in [0, 0.05) is 6.54 Å². The van der Waals surface area contributed by atoms with E-state index >= 15 is 0 Å². The second kappa shape index (κ2) is 8.03. The van der Waals surface area contributed by atoms with Gasteiger partial charge >= 0.3 is 0 Å². The molecule has 1 heterocycles. The average Bonchev–Trinajstić information content (AvgIpc) is 3.03. The Labute approximate surface area is 152 Å². The van der Waals surface area contributed by atoms with Crippen molar-refractivity contribution in [1.29, 1.82) is 0 Å². The van der Waals surface area contributed by atoms with Crippen LogP contribution < -0.4 is 14.8 Å². The zero-order valence-corrected chi connectivity index (χ0v) is 15.5. The van der Waals surface area contributed by atoms with Crippen LogP contribution in [-0.4, -0.2) is 25.7 Å². The third-order valence-corrected chi connectivity index (χ3v) is 5.13. The topological polar surface area (TPSA) is 43.4 Å². The summed E-state index contributed by atoms with van der Waals surface area (Å²) < 4.78 is 10.6. The number of hydrogen-bond donors (Lipinski definition) is 1. The quantitative estimate of drug-likeness (QED) is 0.662. The number of ether oxygens (including phenoxy) is 2. The fraction of sp³-hybridized carbons (Fsp3) is 0.250. The van der Waals surface area contributed by atoms with E-state index in [2.05, 4.69) is 47.6 Å². The van der Waals surface area contributed by atoms with E-state index in [-0.39, 0.29) is 0 Å². The first-order valence-corrected chi connectivity index (χ1v) is 9.00. The summed E-state index contributed by atoms with van der Waals surface area (Å²) in [4.78, 5) is 5.86. The first kappa shape index (κ1) is 17.3. The Bertz CT molecular complexity index is 831. The van der Waals surface area contributed by atoms with Crippen molar-refractivity contribution in [2.45, 2.75) is 13.3 Å². The van der Waals surface area contributed by atoms with Gasteiger partial charge in [-0.3, -0.25) is 0 Å². The van der Waals surface area contributed by atoms with Crippen LogP contribution in [0.4, 0.5) is 5.13 Å². The Morgan fingerprint density at radius 2 is 1.76 bits per heavy atom. The van der Waals surface area contributed by atoms with Crippen molar-refractivity contribution in [1.82, 2.24) is 4.98 Å². The summed E-state index contributed by atoms with van der Waals surface area (Å²) >= 11 is 1.69. The number of aromatic nitrogens is 1. The lowest BCUT2D eigenvalue weighted by Crippen LogP contribution is -2.05. The number of benzene rings is 2. The summed E-state index contributed by atoms with van der Waals surface area (Å²) in [6, 6.07) is 16.4. The molecular formula is C20H22N2O2S. The van der Waals surface area contributed by atoms with E-state index < -0.39 is 0 Å². The van der Waals surface area contributed by atoms with Gasteiger partial charge in [0.2, 0.25) is 0 Å². The first-order valence-electron chi connectivity index (χ1n) is 8.19. The molecule has 0 aliphatic rings. The molecule has 0 aliphatic carbocycles. The minimum atomic E-state index is 0.752. The van der Waals surface area contributed by atoms with Gasteiger partial charge in [-0.15, -0.1) is 0 Å². The molecule has 0 saturated heterocycles. The number of nitrogens with zero attached hydrogens (tertiary/aromatic N) is 1. The Morgan fingerprint density at radius 3 is 2.48 bits per heavy atom. The summed E-state index contributed by atoms with van der Waals surface area (Å²) in [5, 5.41) is 4.38. The lowest BCUT2D eigenvalue weighted by molar-refractivity contribution is 0.354. The zero-order chi connectivity index (χ0) is 17.6. The monoisotopic (exact) mass is 354 g/mol. The Hall–Kier alpha value is -2.53. The highest BCUT2D eigenvalue weighted by atomic mass is 32.1. The molecule has 0 amide bonds. The summed E-state index contributed by atoms with van der Waals surface area (Å²) in [7, 11) is 3.30. The molecule has 0 radical (unpaired) electrons. The SMILES string of the molecule is COc1ccc(CCNc2nc(C)c(-c3ccccc3)s2)cc1OC. The fourth-order valence-electron chi connectivity index (χ4n) is 2.68. The molecule has 5 heteroatoms. The maximum atomic E-state index is 5.35. The van der Waals surface area contributed by atoms with Gasteiger partial charge in [0.25, 0.3) is 0 Å². The Balaban J connectivity index is 1.63. The molecular weight excluding hydrogens is 332 g/mol. The molecule has 0 aliphatic heterocycles. The first-order chi connectivity index (χ1) is 12.2. The van der Waals surface area contributed by atoms with Gasteiger partial charge < -0.3 is 14.8 Å². The number of methoxy groups -OCH3 is 2. The van der Waals surface area contributed by atoms with E-state index in [0.29, 0.717) is 0 Å². The second-order valence-electron chi connectivity index (χ2n) is 5.67. The van der Waals surface area contributed by atoms with Crippen LogP contribution >= 0.6 is 11.3 Å². The van der Waals surface area contributed by atoms with Crippen LogP contribution in [-0.2, 0) is 6.42 Å². The molecule has 1 N–H and O–H groups in total. The predicted molar refractivity (Wildman–Crippen MR) is 104 cm³/mol. The molecule has 0 bridgehead atoms. The molecule has 3 aromatic rings. The van der Waals surface area contributed by atoms with Gasteiger partial charge in [0.15, 0.2) is 16.6 Å². The van der Waals surface area contributed by atoms with Crippen LogP contribution in [0.15, 0.2) is 48.5 Å². The van der Waals surface area contributed by atoms with E-state index in [1.54, 1.807) is 25.6 Å². The lowest BCUT2D eigenvalue weighted by Gasteiger charge is -2.09. The second-order valence-corrected chi connectivity index (χ2v) is 6.66. The van der Waals surface area contributed by atoms with Crippen molar-refractivity contribution < 1.29 is 9.47 Å². The van der Waals surface area contributed by atoms with Crippen molar-refractivity contribution >= 4 is 16.5 Å².